The van der Waals surface area contributed by atoms with Crippen molar-refractivity contribution in [2.24, 2.45) is 0 Å². The van der Waals surface area contributed by atoms with Gasteiger partial charge in [-0.1, -0.05) is 12.1 Å². The van der Waals surface area contributed by atoms with E-state index in [0.717, 1.165) is 0 Å². The largest absolute Gasteiger partial charge is 0.451 e. The summed E-state index contributed by atoms with van der Waals surface area (Å²) in [4.78, 5) is 30.8. The van der Waals surface area contributed by atoms with Crippen molar-refractivity contribution in [3.05, 3.63) is 54.0 Å². The number of carbonyl (C=O) groups is 2. The number of hydrogen-bond donors (Lipinski definition) is 0. The van der Waals surface area contributed by atoms with Gasteiger partial charge in [-0.3, -0.25) is 9.59 Å². The second kappa shape index (κ2) is 7.53. The Morgan fingerprint density at radius 3 is 2.39 bits per heavy atom. The van der Waals surface area contributed by atoms with E-state index in [0.29, 0.717) is 19.5 Å². The monoisotopic (exact) mass is 319 g/mol. The molecule has 6 nitrogen and oxygen atoms in total. The predicted molar refractivity (Wildman–Crippen MR) is 81.4 cm³/mol. The number of nitrogens with zero attached hydrogens (tertiary/aromatic N) is 3. The minimum Gasteiger partial charge on any atom is -0.451 e. The summed E-state index contributed by atoms with van der Waals surface area (Å²) in [6.45, 7) is 0.851. The zero-order valence-corrected chi connectivity index (χ0v) is 13.0. The van der Waals surface area contributed by atoms with Gasteiger partial charge in [-0.2, -0.15) is 0 Å². The van der Waals surface area contributed by atoms with Crippen LogP contribution in [0.1, 0.15) is 27.3 Å². The second-order valence-corrected chi connectivity index (χ2v) is 5.16. The van der Waals surface area contributed by atoms with Crippen LogP contribution in [0.2, 0.25) is 0 Å². The number of hydrogen-bond acceptors (Lipinski definition) is 4. The van der Waals surface area contributed by atoms with Gasteiger partial charge >= 0.3 is 0 Å². The zero-order valence-electron chi connectivity index (χ0n) is 13.0. The minimum atomic E-state index is -0.539. The molecule has 122 valence electrons. The van der Waals surface area contributed by atoms with E-state index in [1.54, 1.807) is 20.2 Å². The maximum absolute atomic E-state index is 13.6. The molecule has 0 spiro atoms. The molecule has 0 fully saturated rings. The summed E-state index contributed by atoms with van der Waals surface area (Å²) in [5, 5.41) is 0. The lowest BCUT2D eigenvalue weighted by molar-refractivity contribution is 0.0759. The number of aromatic nitrogens is 1. The lowest BCUT2D eigenvalue weighted by Gasteiger charge is -2.20. The van der Waals surface area contributed by atoms with Crippen molar-refractivity contribution in [3.63, 3.8) is 0 Å². The van der Waals surface area contributed by atoms with Gasteiger partial charge in [-0.25, -0.2) is 9.37 Å². The third kappa shape index (κ3) is 4.15. The molecule has 1 heterocycles. The SMILES string of the molecule is CN(CCCN(C)C(=O)c1ccccc1F)C(=O)c1cocn1. The minimum absolute atomic E-state index is 0.0435. The Hall–Kier alpha value is -2.70. The first-order chi connectivity index (χ1) is 11.0. The summed E-state index contributed by atoms with van der Waals surface area (Å²) in [6, 6.07) is 5.87. The molecular formula is C16H18FN3O3. The first-order valence-corrected chi connectivity index (χ1v) is 7.14. The Morgan fingerprint density at radius 2 is 1.78 bits per heavy atom. The van der Waals surface area contributed by atoms with Crippen molar-refractivity contribution >= 4 is 11.8 Å². The highest BCUT2D eigenvalue weighted by Crippen LogP contribution is 2.09. The Balaban J connectivity index is 1.83. The van der Waals surface area contributed by atoms with Gasteiger partial charge in [0.1, 0.15) is 12.1 Å². The van der Waals surface area contributed by atoms with Crippen LogP contribution in [-0.4, -0.2) is 53.8 Å². The Bertz CT molecular complexity index is 673. The summed E-state index contributed by atoms with van der Waals surface area (Å²) < 4.78 is 18.4. The lowest BCUT2D eigenvalue weighted by Crippen LogP contribution is -2.33. The van der Waals surface area contributed by atoms with Gasteiger partial charge in [0.15, 0.2) is 12.1 Å². The van der Waals surface area contributed by atoms with Crippen LogP contribution in [-0.2, 0) is 0 Å². The molecule has 0 bridgehead atoms. The standard InChI is InChI=1S/C16H18FN3O3/c1-19(15(21)12-6-3-4-7-13(12)17)8-5-9-20(2)16(22)14-10-23-11-18-14/h3-4,6-7,10-11H,5,8-9H2,1-2H3. The summed E-state index contributed by atoms with van der Waals surface area (Å²) in [5.74, 6) is -1.17. The molecule has 2 rings (SSSR count). The second-order valence-electron chi connectivity index (χ2n) is 5.16. The summed E-state index contributed by atoms with van der Waals surface area (Å²) in [6.07, 6.45) is 3.05. The van der Waals surface area contributed by atoms with Gasteiger partial charge in [0.05, 0.1) is 5.56 Å². The number of oxazole rings is 1. The van der Waals surface area contributed by atoms with Gasteiger partial charge in [0.2, 0.25) is 0 Å². The van der Waals surface area contributed by atoms with E-state index in [1.165, 1.54) is 40.7 Å². The van der Waals surface area contributed by atoms with Crippen molar-refractivity contribution in [1.82, 2.24) is 14.8 Å². The normalized spacial score (nSPS) is 10.4. The van der Waals surface area contributed by atoms with Crippen LogP contribution in [0, 0.1) is 5.82 Å². The van der Waals surface area contributed by atoms with Crippen molar-refractivity contribution in [2.45, 2.75) is 6.42 Å². The maximum Gasteiger partial charge on any atom is 0.275 e. The van der Waals surface area contributed by atoms with Gasteiger partial charge in [-0.15, -0.1) is 0 Å². The fourth-order valence-corrected chi connectivity index (χ4v) is 2.10. The van der Waals surface area contributed by atoms with Crippen LogP contribution in [0.15, 0.2) is 41.3 Å². The molecular weight excluding hydrogens is 301 g/mol. The number of rotatable bonds is 6. The van der Waals surface area contributed by atoms with Crippen LogP contribution in [0.25, 0.3) is 0 Å². The van der Waals surface area contributed by atoms with E-state index >= 15 is 0 Å². The quantitative estimate of drug-likeness (QED) is 0.817. The number of halogens is 1. The summed E-state index contributed by atoms with van der Waals surface area (Å²) >= 11 is 0. The topological polar surface area (TPSA) is 66.7 Å². The lowest BCUT2D eigenvalue weighted by atomic mass is 10.2. The van der Waals surface area contributed by atoms with Gasteiger partial charge < -0.3 is 14.2 Å². The molecule has 2 amide bonds. The summed E-state index contributed by atoms with van der Waals surface area (Å²) in [7, 11) is 3.25. The molecule has 0 atom stereocenters. The molecule has 0 N–H and O–H groups in total. The van der Waals surface area contributed by atoms with Crippen molar-refractivity contribution in [1.29, 1.82) is 0 Å². The molecule has 0 aliphatic heterocycles. The van der Waals surface area contributed by atoms with Crippen LogP contribution in [0.3, 0.4) is 0 Å². The molecule has 1 aromatic carbocycles. The van der Waals surface area contributed by atoms with E-state index in [4.69, 9.17) is 4.42 Å². The zero-order chi connectivity index (χ0) is 16.8. The fourth-order valence-electron chi connectivity index (χ4n) is 2.10. The molecule has 23 heavy (non-hydrogen) atoms. The van der Waals surface area contributed by atoms with Crippen LogP contribution in [0.5, 0.6) is 0 Å². The van der Waals surface area contributed by atoms with Crippen LogP contribution in [0.4, 0.5) is 4.39 Å². The first-order valence-electron chi connectivity index (χ1n) is 7.14. The molecule has 0 radical (unpaired) electrons. The summed E-state index contributed by atoms with van der Waals surface area (Å²) in [5.41, 5.74) is 0.283. The molecule has 0 aliphatic rings. The molecule has 1 aromatic heterocycles. The Morgan fingerprint density at radius 1 is 1.13 bits per heavy atom. The van der Waals surface area contributed by atoms with E-state index in [1.807, 2.05) is 0 Å². The first kappa shape index (κ1) is 16.7. The number of carbonyl (C=O) groups excluding carboxylic acids is 2. The predicted octanol–water partition coefficient (Wildman–Crippen LogP) is 2.05. The van der Waals surface area contributed by atoms with E-state index < -0.39 is 5.82 Å². The average molecular weight is 319 g/mol. The molecule has 7 heteroatoms. The molecule has 0 saturated carbocycles. The van der Waals surface area contributed by atoms with Gasteiger partial charge in [-0.05, 0) is 18.6 Å². The number of amides is 2. The van der Waals surface area contributed by atoms with E-state index in [2.05, 4.69) is 4.98 Å². The van der Waals surface area contributed by atoms with Gasteiger partial charge in [0, 0.05) is 27.2 Å². The third-order valence-corrected chi connectivity index (χ3v) is 3.44. The molecule has 0 aliphatic carbocycles. The third-order valence-electron chi connectivity index (χ3n) is 3.44. The molecule has 0 saturated heterocycles. The molecule has 2 aromatic rings. The number of benzene rings is 1. The highest BCUT2D eigenvalue weighted by molar-refractivity contribution is 5.94. The average Bonchev–Trinajstić information content (AvgIpc) is 3.08. The highest BCUT2D eigenvalue weighted by atomic mass is 19.1. The van der Waals surface area contributed by atoms with E-state index in [-0.39, 0.29) is 23.1 Å². The maximum atomic E-state index is 13.6. The van der Waals surface area contributed by atoms with Crippen molar-refractivity contribution < 1.29 is 18.4 Å². The molecule has 0 unspecified atom stereocenters. The van der Waals surface area contributed by atoms with Crippen molar-refractivity contribution in [3.8, 4) is 0 Å². The highest BCUT2D eigenvalue weighted by Gasteiger charge is 2.17. The Kier molecular flexibility index (Phi) is 5.46. The van der Waals surface area contributed by atoms with Gasteiger partial charge in [0.25, 0.3) is 11.8 Å². The smallest absolute Gasteiger partial charge is 0.275 e. The van der Waals surface area contributed by atoms with Crippen LogP contribution < -0.4 is 0 Å². The fraction of sp³-hybridized carbons (Fsp3) is 0.312. The van der Waals surface area contributed by atoms with Crippen molar-refractivity contribution in [2.75, 3.05) is 27.2 Å². The van der Waals surface area contributed by atoms with Crippen LogP contribution >= 0.6 is 0 Å². The Labute approximate surface area is 133 Å². The van der Waals surface area contributed by atoms with E-state index in [9.17, 15) is 14.0 Å².